The van der Waals surface area contributed by atoms with Crippen molar-refractivity contribution >= 4 is 23.1 Å². The minimum Gasteiger partial charge on any atom is -0.393 e. The fraction of sp³-hybridized carbons (Fsp3) is 0.467. The van der Waals surface area contributed by atoms with E-state index >= 15 is 0 Å². The molecule has 1 heterocycles. The largest absolute Gasteiger partial charge is 0.393 e. The monoisotopic (exact) mass is 274 g/mol. The molecule has 1 aromatic carbocycles. The van der Waals surface area contributed by atoms with E-state index in [4.69, 9.17) is 18.0 Å². The Bertz CT molecular complexity index is 529. The third kappa shape index (κ3) is 2.25. The molecular weight excluding hydrogens is 256 g/mol. The number of likely N-dealkylation sites (tertiary alicyclic amines) is 1. The van der Waals surface area contributed by atoms with Crippen LogP contribution >= 0.6 is 12.2 Å². The summed E-state index contributed by atoms with van der Waals surface area (Å²) in [6, 6.07) is 8.21. The van der Waals surface area contributed by atoms with E-state index in [9.17, 15) is 4.79 Å². The molecule has 3 rings (SSSR count). The standard InChI is InChI=1S/C15H18N2OS/c16-14(19)11-5-3-7-17(9-11)15(18)13-8-10-4-1-2-6-12(10)13/h1-2,4,6,11,13H,3,5,7-9H2,(H2,16,19). The fourth-order valence-corrected chi connectivity index (χ4v) is 3.30. The quantitative estimate of drug-likeness (QED) is 0.837. The molecule has 1 fully saturated rings. The van der Waals surface area contributed by atoms with Gasteiger partial charge in [-0.2, -0.15) is 0 Å². The summed E-state index contributed by atoms with van der Waals surface area (Å²) in [6.07, 6.45) is 2.89. The van der Waals surface area contributed by atoms with Crippen molar-refractivity contribution in [1.82, 2.24) is 4.90 Å². The Hall–Kier alpha value is -1.42. The lowest BCUT2D eigenvalue weighted by atomic mass is 9.76. The molecular formula is C15H18N2OS. The highest BCUT2D eigenvalue weighted by Gasteiger charge is 2.36. The van der Waals surface area contributed by atoms with E-state index in [2.05, 4.69) is 12.1 Å². The maximum atomic E-state index is 12.6. The van der Waals surface area contributed by atoms with Crippen LogP contribution in [0.5, 0.6) is 0 Å². The van der Waals surface area contributed by atoms with E-state index in [1.165, 1.54) is 11.1 Å². The van der Waals surface area contributed by atoms with E-state index in [1.54, 1.807) is 0 Å². The lowest BCUT2D eigenvalue weighted by molar-refractivity contribution is -0.134. The third-order valence-electron chi connectivity index (χ3n) is 4.29. The van der Waals surface area contributed by atoms with Crippen LogP contribution in [0.2, 0.25) is 0 Å². The number of nitrogens with two attached hydrogens (primary N) is 1. The number of nitrogens with zero attached hydrogens (tertiary/aromatic N) is 1. The van der Waals surface area contributed by atoms with Crippen LogP contribution in [0.3, 0.4) is 0 Å². The first kappa shape index (κ1) is 12.6. The van der Waals surface area contributed by atoms with Crippen molar-refractivity contribution in [2.45, 2.75) is 25.2 Å². The number of fused-ring (bicyclic) bond motifs is 1. The van der Waals surface area contributed by atoms with Crippen LogP contribution in [0.4, 0.5) is 0 Å². The third-order valence-corrected chi connectivity index (χ3v) is 4.62. The molecule has 1 aromatic rings. The summed E-state index contributed by atoms with van der Waals surface area (Å²) >= 11 is 5.07. The number of benzene rings is 1. The molecule has 3 nitrogen and oxygen atoms in total. The number of piperidine rings is 1. The molecule has 1 aliphatic carbocycles. The Morgan fingerprint density at radius 2 is 2.16 bits per heavy atom. The van der Waals surface area contributed by atoms with Gasteiger partial charge in [-0.1, -0.05) is 36.5 Å². The Morgan fingerprint density at radius 1 is 1.37 bits per heavy atom. The van der Waals surface area contributed by atoms with Gasteiger partial charge in [0, 0.05) is 19.0 Å². The van der Waals surface area contributed by atoms with Crippen molar-refractivity contribution in [2.24, 2.45) is 11.7 Å². The van der Waals surface area contributed by atoms with E-state index in [1.807, 2.05) is 17.0 Å². The van der Waals surface area contributed by atoms with Crippen molar-refractivity contribution < 1.29 is 4.79 Å². The molecule has 1 amide bonds. The summed E-state index contributed by atoms with van der Waals surface area (Å²) in [5.41, 5.74) is 8.23. The first-order chi connectivity index (χ1) is 9.16. The number of carbonyl (C=O) groups excluding carboxylic acids is 1. The summed E-state index contributed by atoms with van der Waals surface area (Å²) in [4.78, 5) is 15.1. The average Bonchev–Trinajstić information content (AvgIpc) is 2.40. The highest BCUT2D eigenvalue weighted by Crippen LogP contribution is 2.36. The smallest absolute Gasteiger partial charge is 0.230 e. The zero-order valence-electron chi connectivity index (χ0n) is 10.8. The summed E-state index contributed by atoms with van der Waals surface area (Å²) in [5, 5.41) is 0. The summed E-state index contributed by atoms with van der Waals surface area (Å²) < 4.78 is 0. The lowest BCUT2D eigenvalue weighted by Crippen LogP contribution is -2.47. The van der Waals surface area contributed by atoms with Crippen molar-refractivity contribution in [1.29, 1.82) is 0 Å². The van der Waals surface area contributed by atoms with Crippen LogP contribution in [-0.2, 0) is 11.2 Å². The highest BCUT2D eigenvalue weighted by atomic mass is 32.1. The molecule has 100 valence electrons. The average molecular weight is 274 g/mol. The summed E-state index contributed by atoms with van der Waals surface area (Å²) in [6.45, 7) is 1.55. The summed E-state index contributed by atoms with van der Waals surface area (Å²) in [5.74, 6) is 0.504. The van der Waals surface area contributed by atoms with Crippen LogP contribution in [0.1, 0.15) is 29.9 Å². The van der Waals surface area contributed by atoms with Crippen LogP contribution in [-0.4, -0.2) is 28.9 Å². The Kier molecular flexibility index (Phi) is 3.27. The fourth-order valence-electron chi connectivity index (χ4n) is 3.11. The topological polar surface area (TPSA) is 46.3 Å². The van der Waals surface area contributed by atoms with Gasteiger partial charge in [0.15, 0.2) is 0 Å². The van der Waals surface area contributed by atoms with Gasteiger partial charge < -0.3 is 10.6 Å². The zero-order chi connectivity index (χ0) is 13.4. The van der Waals surface area contributed by atoms with Gasteiger partial charge in [0.05, 0.1) is 10.9 Å². The first-order valence-corrected chi connectivity index (χ1v) is 7.23. The molecule has 2 aliphatic rings. The molecule has 0 bridgehead atoms. The SMILES string of the molecule is NC(=S)C1CCCN(C(=O)C2Cc3ccccc32)C1. The number of rotatable bonds is 2. The molecule has 0 aromatic heterocycles. The Labute approximate surface area is 118 Å². The van der Waals surface area contributed by atoms with E-state index in [-0.39, 0.29) is 17.7 Å². The van der Waals surface area contributed by atoms with Gasteiger partial charge in [0.1, 0.15) is 0 Å². The van der Waals surface area contributed by atoms with Crippen LogP contribution in [0.25, 0.3) is 0 Å². The second-order valence-corrected chi connectivity index (χ2v) is 5.95. The van der Waals surface area contributed by atoms with Crippen LogP contribution < -0.4 is 5.73 Å². The predicted molar refractivity (Wildman–Crippen MR) is 79.0 cm³/mol. The van der Waals surface area contributed by atoms with Gasteiger partial charge in [0.25, 0.3) is 0 Å². The molecule has 0 radical (unpaired) electrons. The molecule has 2 unspecified atom stereocenters. The molecule has 4 heteroatoms. The Balaban J connectivity index is 1.70. The van der Waals surface area contributed by atoms with Gasteiger partial charge in [-0.05, 0) is 30.4 Å². The molecule has 2 N–H and O–H groups in total. The minimum absolute atomic E-state index is 0.0568. The van der Waals surface area contributed by atoms with Gasteiger partial charge in [-0.3, -0.25) is 4.79 Å². The zero-order valence-corrected chi connectivity index (χ0v) is 11.7. The van der Waals surface area contributed by atoms with Crippen molar-refractivity contribution in [3.8, 4) is 0 Å². The van der Waals surface area contributed by atoms with Gasteiger partial charge in [-0.25, -0.2) is 0 Å². The van der Waals surface area contributed by atoms with Crippen molar-refractivity contribution in [3.63, 3.8) is 0 Å². The first-order valence-electron chi connectivity index (χ1n) is 6.82. The molecule has 0 saturated carbocycles. The normalized spacial score (nSPS) is 25.4. The molecule has 1 aliphatic heterocycles. The minimum atomic E-state index is 0.0568. The van der Waals surface area contributed by atoms with Gasteiger partial charge in [-0.15, -0.1) is 0 Å². The second-order valence-electron chi connectivity index (χ2n) is 5.48. The van der Waals surface area contributed by atoms with Gasteiger partial charge >= 0.3 is 0 Å². The lowest BCUT2D eigenvalue weighted by Gasteiger charge is -2.38. The Morgan fingerprint density at radius 3 is 2.89 bits per heavy atom. The number of hydrogen-bond donors (Lipinski definition) is 1. The second kappa shape index (κ2) is 4.93. The number of hydrogen-bond acceptors (Lipinski definition) is 2. The molecule has 0 spiro atoms. The van der Waals surface area contributed by atoms with Crippen LogP contribution in [0, 0.1) is 5.92 Å². The number of thiocarbonyl (C=S) groups is 1. The summed E-state index contributed by atoms with van der Waals surface area (Å²) in [7, 11) is 0. The maximum absolute atomic E-state index is 12.6. The number of amides is 1. The number of carbonyl (C=O) groups is 1. The van der Waals surface area contributed by atoms with Gasteiger partial charge in [0.2, 0.25) is 5.91 Å². The van der Waals surface area contributed by atoms with E-state index < -0.39 is 0 Å². The highest BCUT2D eigenvalue weighted by molar-refractivity contribution is 7.80. The molecule has 2 atom stereocenters. The van der Waals surface area contributed by atoms with Crippen molar-refractivity contribution in [3.05, 3.63) is 35.4 Å². The van der Waals surface area contributed by atoms with E-state index in [0.717, 1.165) is 25.8 Å². The predicted octanol–water partition coefficient (Wildman–Crippen LogP) is 1.85. The molecule has 19 heavy (non-hydrogen) atoms. The van der Waals surface area contributed by atoms with Crippen molar-refractivity contribution in [2.75, 3.05) is 13.1 Å². The maximum Gasteiger partial charge on any atom is 0.230 e. The van der Waals surface area contributed by atoms with Crippen LogP contribution in [0.15, 0.2) is 24.3 Å². The molecule has 1 saturated heterocycles. The van der Waals surface area contributed by atoms with E-state index in [0.29, 0.717) is 11.5 Å².